The monoisotopic (exact) mass is 288 g/mol. The molecule has 3 rings (SSSR count). The first kappa shape index (κ1) is 13.7. The molecule has 0 amide bonds. The summed E-state index contributed by atoms with van der Waals surface area (Å²) >= 11 is 0. The predicted octanol–water partition coefficient (Wildman–Crippen LogP) is 2.66. The number of halogens is 3. The smallest absolute Gasteiger partial charge is 0.368 e. The van der Waals surface area contributed by atoms with Crippen molar-refractivity contribution in [3.8, 4) is 0 Å². The number of hydrogen-bond acceptors (Lipinski definition) is 3. The van der Waals surface area contributed by atoms with E-state index in [9.17, 15) is 13.2 Å². The molecular formula is C13H19F3N4. The van der Waals surface area contributed by atoms with E-state index in [1.54, 1.807) is 13.0 Å². The number of piperidine rings is 1. The van der Waals surface area contributed by atoms with Gasteiger partial charge in [-0.1, -0.05) is 0 Å². The minimum atomic E-state index is -4.25. The van der Waals surface area contributed by atoms with Crippen LogP contribution in [0.5, 0.6) is 0 Å². The van der Waals surface area contributed by atoms with Gasteiger partial charge in [0.25, 0.3) is 0 Å². The lowest BCUT2D eigenvalue weighted by Gasteiger charge is -2.31. The maximum atomic E-state index is 13.1. The van der Waals surface area contributed by atoms with Gasteiger partial charge in [0.15, 0.2) is 6.04 Å². The van der Waals surface area contributed by atoms with Gasteiger partial charge in [0.2, 0.25) is 0 Å². The fraction of sp³-hybridized carbons (Fsp3) is 0.769. The Bertz CT molecular complexity index is 476. The maximum Gasteiger partial charge on any atom is 0.410 e. The Morgan fingerprint density at radius 1 is 1.30 bits per heavy atom. The zero-order chi connectivity index (χ0) is 14.3. The first-order valence-corrected chi connectivity index (χ1v) is 7.08. The van der Waals surface area contributed by atoms with Crippen LogP contribution in [0.2, 0.25) is 0 Å². The Labute approximate surface area is 115 Å². The Kier molecular flexibility index (Phi) is 3.40. The van der Waals surface area contributed by atoms with Crippen molar-refractivity contribution in [2.24, 2.45) is 0 Å². The van der Waals surface area contributed by atoms with Crippen molar-refractivity contribution in [3.05, 3.63) is 11.8 Å². The summed E-state index contributed by atoms with van der Waals surface area (Å²) in [5.74, 6) is 0.764. The molecule has 0 aromatic carbocycles. The third-order valence-electron chi connectivity index (χ3n) is 4.16. The van der Waals surface area contributed by atoms with Gasteiger partial charge in [-0.25, -0.2) is 4.68 Å². The van der Waals surface area contributed by atoms with Gasteiger partial charge < -0.3 is 10.6 Å². The van der Waals surface area contributed by atoms with Gasteiger partial charge in [0.05, 0.1) is 5.69 Å². The zero-order valence-electron chi connectivity index (χ0n) is 11.4. The van der Waals surface area contributed by atoms with Crippen molar-refractivity contribution in [1.29, 1.82) is 0 Å². The molecule has 1 aromatic rings. The second-order valence-corrected chi connectivity index (χ2v) is 5.76. The van der Waals surface area contributed by atoms with E-state index >= 15 is 0 Å². The maximum absolute atomic E-state index is 13.1. The molecule has 1 aromatic heterocycles. The molecule has 3 heterocycles. The van der Waals surface area contributed by atoms with Gasteiger partial charge in [0.1, 0.15) is 5.82 Å². The first-order chi connectivity index (χ1) is 9.45. The summed E-state index contributed by atoms with van der Waals surface area (Å²) in [6, 6.07) is 0.0978. The van der Waals surface area contributed by atoms with Gasteiger partial charge >= 0.3 is 6.18 Å². The van der Waals surface area contributed by atoms with Crippen LogP contribution in [0.15, 0.2) is 6.07 Å². The standard InChI is InChI=1S/C13H19F3N4/c1-8-6-11(13(14,15)16)20-12(18-8)7-10(19-20)9-2-4-17-5-3-9/h7-9,11,17-18H,2-6H2,1H3. The van der Waals surface area contributed by atoms with Gasteiger partial charge in [-0.15, -0.1) is 0 Å². The molecule has 7 heteroatoms. The molecule has 0 spiro atoms. The number of rotatable bonds is 1. The number of anilines is 1. The highest BCUT2D eigenvalue weighted by atomic mass is 19.4. The molecule has 2 aliphatic rings. The lowest BCUT2D eigenvalue weighted by atomic mass is 9.95. The SMILES string of the molecule is CC1CC(C(F)(F)F)n2nc(C3CCNCC3)cc2N1. The molecule has 2 unspecified atom stereocenters. The number of alkyl halides is 3. The lowest BCUT2D eigenvalue weighted by Crippen LogP contribution is -2.37. The van der Waals surface area contributed by atoms with Crippen LogP contribution in [-0.2, 0) is 0 Å². The summed E-state index contributed by atoms with van der Waals surface area (Å²) in [4.78, 5) is 0. The van der Waals surface area contributed by atoms with E-state index in [-0.39, 0.29) is 18.4 Å². The summed E-state index contributed by atoms with van der Waals surface area (Å²) in [6.07, 6.45) is -2.35. The third kappa shape index (κ3) is 2.51. The largest absolute Gasteiger partial charge is 0.410 e. The third-order valence-corrected chi connectivity index (χ3v) is 4.16. The van der Waals surface area contributed by atoms with E-state index in [4.69, 9.17) is 0 Å². The molecule has 0 saturated carbocycles. The molecule has 20 heavy (non-hydrogen) atoms. The average Bonchev–Trinajstić information content (AvgIpc) is 2.81. The predicted molar refractivity (Wildman–Crippen MR) is 69.9 cm³/mol. The molecule has 2 aliphatic heterocycles. The molecule has 1 saturated heterocycles. The molecule has 1 fully saturated rings. The highest BCUT2D eigenvalue weighted by molar-refractivity contribution is 5.41. The van der Waals surface area contributed by atoms with E-state index in [1.807, 2.05) is 0 Å². The fourth-order valence-electron chi connectivity index (χ4n) is 3.09. The van der Waals surface area contributed by atoms with Crippen molar-refractivity contribution in [1.82, 2.24) is 15.1 Å². The molecule has 0 bridgehead atoms. The quantitative estimate of drug-likeness (QED) is 0.835. The van der Waals surface area contributed by atoms with Crippen LogP contribution in [0.4, 0.5) is 19.0 Å². The zero-order valence-corrected chi connectivity index (χ0v) is 11.4. The fourth-order valence-corrected chi connectivity index (χ4v) is 3.09. The minimum absolute atomic E-state index is 0.0316. The number of aromatic nitrogens is 2. The summed E-state index contributed by atoms with van der Waals surface area (Å²) in [5, 5.41) is 10.6. The normalized spacial score (nSPS) is 28.0. The van der Waals surface area contributed by atoms with Gasteiger partial charge in [-0.05, 0) is 39.3 Å². The van der Waals surface area contributed by atoms with Crippen LogP contribution >= 0.6 is 0 Å². The number of hydrogen-bond donors (Lipinski definition) is 2. The topological polar surface area (TPSA) is 41.9 Å². The second-order valence-electron chi connectivity index (χ2n) is 5.76. The van der Waals surface area contributed by atoms with Crippen LogP contribution in [0.25, 0.3) is 0 Å². The summed E-state index contributed by atoms with van der Waals surface area (Å²) < 4.78 is 40.6. The van der Waals surface area contributed by atoms with Crippen LogP contribution in [0.3, 0.4) is 0 Å². The van der Waals surface area contributed by atoms with Crippen molar-refractivity contribution < 1.29 is 13.2 Å². The van der Waals surface area contributed by atoms with E-state index in [2.05, 4.69) is 15.7 Å². The van der Waals surface area contributed by atoms with Crippen LogP contribution in [0.1, 0.15) is 43.8 Å². The number of fused-ring (bicyclic) bond motifs is 1. The van der Waals surface area contributed by atoms with Crippen molar-refractivity contribution >= 4 is 5.82 Å². The van der Waals surface area contributed by atoms with Crippen LogP contribution in [-0.4, -0.2) is 35.1 Å². The molecule has 0 radical (unpaired) electrons. The van der Waals surface area contributed by atoms with Crippen LogP contribution < -0.4 is 10.6 Å². The van der Waals surface area contributed by atoms with E-state index in [1.165, 1.54) is 0 Å². The Hall–Kier alpha value is -1.24. The van der Waals surface area contributed by atoms with E-state index < -0.39 is 12.2 Å². The van der Waals surface area contributed by atoms with Crippen molar-refractivity contribution in [2.75, 3.05) is 18.4 Å². The lowest BCUT2D eigenvalue weighted by molar-refractivity contribution is -0.173. The van der Waals surface area contributed by atoms with Gasteiger partial charge in [-0.3, -0.25) is 0 Å². The number of nitrogens with one attached hydrogen (secondary N) is 2. The second kappa shape index (κ2) is 4.95. The van der Waals surface area contributed by atoms with Crippen molar-refractivity contribution in [2.45, 2.75) is 50.4 Å². The Morgan fingerprint density at radius 3 is 2.65 bits per heavy atom. The average molecular weight is 288 g/mol. The highest BCUT2D eigenvalue weighted by Gasteiger charge is 2.45. The molecule has 2 atom stereocenters. The first-order valence-electron chi connectivity index (χ1n) is 7.08. The van der Waals surface area contributed by atoms with E-state index in [0.29, 0.717) is 5.82 Å². The summed E-state index contributed by atoms with van der Waals surface area (Å²) in [5.41, 5.74) is 0.789. The molecular weight excluding hydrogens is 269 g/mol. The molecule has 0 aliphatic carbocycles. The van der Waals surface area contributed by atoms with E-state index in [0.717, 1.165) is 36.3 Å². The highest BCUT2D eigenvalue weighted by Crippen LogP contribution is 2.40. The minimum Gasteiger partial charge on any atom is -0.368 e. The Morgan fingerprint density at radius 2 is 2.00 bits per heavy atom. The van der Waals surface area contributed by atoms with Gasteiger partial charge in [0, 0.05) is 18.0 Å². The number of nitrogens with zero attached hydrogens (tertiary/aromatic N) is 2. The summed E-state index contributed by atoms with van der Waals surface area (Å²) in [7, 11) is 0. The molecule has 2 N–H and O–H groups in total. The van der Waals surface area contributed by atoms with Gasteiger partial charge in [-0.2, -0.15) is 18.3 Å². The molecule has 112 valence electrons. The van der Waals surface area contributed by atoms with Crippen LogP contribution in [0, 0.1) is 0 Å². The summed E-state index contributed by atoms with van der Waals surface area (Å²) in [6.45, 7) is 3.58. The molecule has 4 nitrogen and oxygen atoms in total. The Balaban J connectivity index is 1.91. The van der Waals surface area contributed by atoms with Crippen molar-refractivity contribution in [3.63, 3.8) is 0 Å².